The van der Waals surface area contributed by atoms with Crippen molar-refractivity contribution in [1.29, 1.82) is 0 Å². The number of nitrogens with one attached hydrogen (secondary N) is 1. The molecule has 3 unspecified atom stereocenters. The molecule has 0 saturated carbocycles. The first-order valence-corrected chi connectivity index (χ1v) is 7.66. The summed E-state index contributed by atoms with van der Waals surface area (Å²) in [5, 5.41) is 13.3. The molecule has 2 nitrogen and oxygen atoms in total. The van der Waals surface area contributed by atoms with Crippen LogP contribution in [0.1, 0.15) is 78.1 Å². The molecule has 0 spiro atoms. The first-order chi connectivity index (χ1) is 8.22. The molecule has 0 aliphatic carbocycles. The Bertz CT molecular complexity index is 174. The van der Waals surface area contributed by atoms with Crippen LogP contribution in [-0.4, -0.2) is 23.3 Å². The van der Waals surface area contributed by atoms with Gasteiger partial charge >= 0.3 is 0 Å². The number of rotatable bonds is 8. The van der Waals surface area contributed by atoms with Crippen LogP contribution in [-0.2, 0) is 0 Å². The van der Waals surface area contributed by atoms with Crippen molar-refractivity contribution in [3.05, 3.63) is 0 Å². The third-order valence-electron chi connectivity index (χ3n) is 3.86. The van der Waals surface area contributed by atoms with Crippen LogP contribution < -0.4 is 5.32 Å². The Hall–Kier alpha value is -0.0800. The van der Waals surface area contributed by atoms with Crippen molar-refractivity contribution >= 4 is 0 Å². The van der Waals surface area contributed by atoms with Gasteiger partial charge in [0.25, 0.3) is 0 Å². The van der Waals surface area contributed by atoms with Gasteiger partial charge in [0.2, 0.25) is 0 Å². The molecule has 17 heavy (non-hydrogen) atoms. The number of aliphatic hydroxyl groups is 1. The van der Waals surface area contributed by atoms with E-state index >= 15 is 0 Å². The van der Waals surface area contributed by atoms with Crippen LogP contribution in [0.3, 0.4) is 0 Å². The van der Waals surface area contributed by atoms with E-state index in [-0.39, 0.29) is 6.10 Å². The fourth-order valence-corrected chi connectivity index (χ4v) is 2.92. The monoisotopic (exact) mass is 241 g/mol. The van der Waals surface area contributed by atoms with Crippen molar-refractivity contribution in [1.82, 2.24) is 5.32 Å². The molecule has 1 aliphatic rings. The van der Waals surface area contributed by atoms with E-state index in [1.165, 1.54) is 51.4 Å². The van der Waals surface area contributed by atoms with Crippen LogP contribution >= 0.6 is 0 Å². The largest absolute Gasteiger partial charge is 0.393 e. The average molecular weight is 241 g/mol. The Morgan fingerprint density at radius 3 is 2.29 bits per heavy atom. The van der Waals surface area contributed by atoms with E-state index in [1.54, 1.807) is 0 Å². The maximum atomic E-state index is 9.71. The summed E-state index contributed by atoms with van der Waals surface area (Å²) in [6.45, 7) is 4.45. The van der Waals surface area contributed by atoms with E-state index in [0.717, 1.165) is 12.8 Å². The number of piperidine rings is 1. The zero-order valence-corrected chi connectivity index (χ0v) is 11.8. The van der Waals surface area contributed by atoms with E-state index in [9.17, 15) is 5.11 Å². The van der Waals surface area contributed by atoms with Gasteiger partial charge in [0.1, 0.15) is 0 Å². The minimum absolute atomic E-state index is 0.0687. The highest BCUT2D eigenvalue weighted by Gasteiger charge is 2.23. The summed E-state index contributed by atoms with van der Waals surface area (Å²) in [4.78, 5) is 0. The highest BCUT2D eigenvalue weighted by Crippen LogP contribution is 2.18. The predicted molar refractivity (Wildman–Crippen MR) is 74.2 cm³/mol. The van der Waals surface area contributed by atoms with Crippen molar-refractivity contribution in [2.45, 2.75) is 96.2 Å². The second kappa shape index (κ2) is 8.93. The van der Waals surface area contributed by atoms with Crippen molar-refractivity contribution in [2.75, 3.05) is 0 Å². The Kier molecular flexibility index (Phi) is 7.87. The molecule has 0 bridgehead atoms. The highest BCUT2D eigenvalue weighted by atomic mass is 16.3. The molecule has 0 aromatic rings. The Morgan fingerprint density at radius 1 is 1.00 bits per heavy atom. The number of aliphatic hydroxyl groups excluding tert-OH is 1. The summed E-state index contributed by atoms with van der Waals surface area (Å²) in [6, 6.07) is 1.05. The van der Waals surface area contributed by atoms with Crippen LogP contribution in [0.4, 0.5) is 0 Å². The summed E-state index contributed by atoms with van der Waals surface area (Å²) in [5.74, 6) is 0. The molecule has 0 radical (unpaired) electrons. The van der Waals surface area contributed by atoms with Crippen molar-refractivity contribution in [3.8, 4) is 0 Å². The van der Waals surface area contributed by atoms with E-state index in [0.29, 0.717) is 12.1 Å². The molecule has 1 aliphatic heterocycles. The lowest BCUT2D eigenvalue weighted by atomic mass is 9.93. The first kappa shape index (κ1) is 15.0. The third kappa shape index (κ3) is 7.05. The smallest absolute Gasteiger partial charge is 0.0569 e. The molecule has 3 atom stereocenters. The standard InChI is InChI=1S/C15H31NO/c1-3-4-5-6-7-8-9-10-14-12-15(17)11-13(2)16-14/h13-17H,3-12H2,1-2H3. The zero-order valence-electron chi connectivity index (χ0n) is 11.8. The van der Waals surface area contributed by atoms with Gasteiger partial charge in [-0.3, -0.25) is 0 Å². The predicted octanol–water partition coefficient (Wildman–Crippen LogP) is 3.63. The number of hydrogen-bond donors (Lipinski definition) is 2. The van der Waals surface area contributed by atoms with Crippen molar-refractivity contribution in [2.24, 2.45) is 0 Å². The molecule has 1 saturated heterocycles. The summed E-state index contributed by atoms with van der Waals surface area (Å²) in [5.41, 5.74) is 0. The molecular weight excluding hydrogens is 210 g/mol. The van der Waals surface area contributed by atoms with E-state index in [4.69, 9.17) is 0 Å². The Morgan fingerprint density at radius 2 is 1.65 bits per heavy atom. The van der Waals surface area contributed by atoms with Gasteiger partial charge < -0.3 is 10.4 Å². The van der Waals surface area contributed by atoms with Crippen LogP contribution in [0.2, 0.25) is 0 Å². The number of unbranched alkanes of at least 4 members (excludes halogenated alkanes) is 6. The fraction of sp³-hybridized carbons (Fsp3) is 1.00. The highest BCUT2D eigenvalue weighted by molar-refractivity contribution is 4.82. The van der Waals surface area contributed by atoms with Gasteiger partial charge in [-0.1, -0.05) is 51.9 Å². The SMILES string of the molecule is CCCCCCCCCC1CC(O)CC(C)N1. The van der Waals surface area contributed by atoms with Gasteiger partial charge in [-0.2, -0.15) is 0 Å². The Labute approximate surface area is 107 Å². The molecule has 0 amide bonds. The molecule has 102 valence electrons. The third-order valence-corrected chi connectivity index (χ3v) is 3.86. The molecule has 2 N–H and O–H groups in total. The summed E-state index contributed by atoms with van der Waals surface area (Å²) in [6.07, 6.45) is 12.7. The van der Waals surface area contributed by atoms with E-state index < -0.39 is 0 Å². The zero-order chi connectivity index (χ0) is 12.5. The lowest BCUT2D eigenvalue weighted by Gasteiger charge is -2.32. The molecule has 1 rings (SSSR count). The number of hydrogen-bond acceptors (Lipinski definition) is 2. The maximum absolute atomic E-state index is 9.71. The lowest BCUT2D eigenvalue weighted by molar-refractivity contribution is 0.0946. The first-order valence-electron chi connectivity index (χ1n) is 7.66. The summed E-state index contributed by atoms with van der Waals surface area (Å²) >= 11 is 0. The minimum Gasteiger partial charge on any atom is -0.393 e. The van der Waals surface area contributed by atoms with Gasteiger partial charge in [-0.15, -0.1) is 0 Å². The van der Waals surface area contributed by atoms with Crippen molar-refractivity contribution < 1.29 is 5.11 Å². The topological polar surface area (TPSA) is 32.3 Å². The second-order valence-electron chi connectivity index (χ2n) is 5.80. The van der Waals surface area contributed by atoms with Crippen LogP contribution in [0.25, 0.3) is 0 Å². The lowest BCUT2D eigenvalue weighted by Crippen LogP contribution is -2.45. The summed E-state index contributed by atoms with van der Waals surface area (Å²) in [7, 11) is 0. The van der Waals surface area contributed by atoms with E-state index in [1.807, 2.05) is 0 Å². The molecule has 2 heteroatoms. The van der Waals surface area contributed by atoms with Gasteiger partial charge in [-0.25, -0.2) is 0 Å². The maximum Gasteiger partial charge on any atom is 0.0569 e. The Balaban J connectivity index is 1.95. The van der Waals surface area contributed by atoms with Crippen molar-refractivity contribution in [3.63, 3.8) is 0 Å². The minimum atomic E-state index is -0.0687. The van der Waals surface area contributed by atoms with Gasteiger partial charge in [0.05, 0.1) is 6.10 Å². The quantitative estimate of drug-likeness (QED) is 0.636. The van der Waals surface area contributed by atoms with Gasteiger partial charge in [-0.05, 0) is 26.2 Å². The van der Waals surface area contributed by atoms with Crippen LogP contribution in [0.15, 0.2) is 0 Å². The van der Waals surface area contributed by atoms with Gasteiger partial charge in [0.15, 0.2) is 0 Å². The summed E-state index contributed by atoms with van der Waals surface area (Å²) < 4.78 is 0. The molecular formula is C15H31NO. The molecule has 0 aromatic carbocycles. The second-order valence-corrected chi connectivity index (χ2v) is 5.80. The molecule has 1 heterocycles. The fourth-order valence-electron chi connectivity index (χ4n) is 2.92. The van der Waals surface area contributed by atoms with Crippen LogP contribution in [0.5, 0.6) is 0 Å². The molecule has 0 aromatic heterocycles. The van der Waals surface area contributed by atoms with E-state index in [2.05, 4.69) is 19.2 Å². The van der Waals surface area contributed by atoms with Crippen LogP contribution in [0, 0.1) is 0 Å². The van der Waals surface area contributed by atoms with Gasteiger partial charge in [0, 0.05) is 12.1 Å². The molecule has 1 fully saturated rings. The average Bonchev–Trinajstić information content (AvgIpc) is 2.26. The normalized spacial score (nSPS) is 29.5.